The average Bonchev–Trinajstić information content (AvgIpc) is 3.19. The molecule has 1 aromatic heterocycles. The maximum absolute atomic E-state index is 13.1. The number of ketones is 1. The van der Waals surface area contributed by atoms with E-state index in [0.29, 0.717) is 61.8 Å². The molecule has 2 aliphatic rings. The largest absolute Gasteiger partial charge is 0.486 e. The Kier molecular flexibility index (Phi) is 5.48. The first-order chi connectivity index (χ1) is 15.6. The first-order valence-corrected chi connectivity index (χ1v) is 10.6. The van der Waals surface area contributed by atoms with Crippen molar-refractivity contribution in [2.75, 3.05) is 26.3 Å². The Balaban J connectivity index is 1.20. The van der Waals surface area contributed by atoms with Crippen molar-refractivity contribution >= 4 is 5.78 Å². The van der Waals surface area contributed by atoms with E-state index in [1.54, 1.807) is 18.2 Å². The predicted molar refractivity (Wildman–Crippen MR) is 112 cm³/mol. The highest BCUT2D eigenvalue weighted by Gasteiger charge is 2.27. The zero-order valence-electron chi connectivity index (χ0n) is 17.3. The van der Waals surface area contributed by atoms with Crippen LogP contribution in [0.15, 0.2) is 51.7 Å². The fourth-order valence-electron chi connectivity index (χ4n) is 4.06. The van der Waals surface area contributed by atoms with Gasteiger partial charge in [0.1, 0.15) is 25.7 Å². The molecule has 32 heavy (non-hydrogen) atoms. The van der Waals surface area contributed by atoms with Gasteiger partial charge in [0.25, 0.3) is 0 Å². The van der Waals surface area contributed by atoms with Gasteiger partial charge in [-0.2, -0.15) is 4.68 Å². The number of Topliss-reactive ketones (excluding diaryl/α,β-unsaturated/α-hetero) is 1. The molecule has 8 nitrogen and oxygen atoms in total. The molecule has 0 amide bonds. The van der Waals surface area contributed by atoms with Gasteiger partial charge in [0.05, 0.1) is 0 Å². The molecule has 5 rings (SSSR count). The summed E-state index contributed by atoms with van der Waals surface area (Å²) in [6.07, 6.45) is 1.37. The lowest BCUT2D eigenvalue weighted by molar-refractivity contribution is 0.0799. The second kappa shape index (κ2) is 8.58. The monoisotopic (exact) mass is 439 g/mol. The van der Waals surface area contributed by atoms with Crippen LogP contribution in [0.25, 0.3) is 11.5 Å². The van der Waals surface area contributed by atoms with Crippen LogP contribution in [-0.2, 0) is 6.67 Å². The van der Waals surface area contributed by atoms with Crippen molar-refractivity contribution in [1.29, 1.82) is 0 Å². The van der Waals surface area contributed by atoms with E-state index in [1.807, 2.05) is 0 Å². The smallest absolute Gasteiger partial charge is 0.438 e. The van der Waals surface area contributed by atoms with Gasteiger partial charge in [0.15, 0.2) is 17.3 Å². The van der Waals surface area contributed by atoms with Crippen LogP contribution in [0.5, 0.6) is 11.5 Å². The molecule has 0 unspecified atom stereocenters. The van der Waals surface area contributed by atoms with E-state index in [4.69, 9.17) is 13.9 Å². The highest BCUT2D eigenvalue weighted by molar-refractivity contribution is 5.98. The van der Waals surface area contributed by atoms with E-state index in [-0.39, 0.29) is 30.1 Å². The summed E-state index contributed by atoms with van der Waals surface area (Å²) in [7, 11) is 0. The van der Waals surface area contributed by atoms with E-state index in [2.05, 4.69) is 10.00 Å². The van der Waals surface area contributed by atoms with Crippen molar-refractivity contribution in [3.8, 4) is 23.0 Å². The van der Waals surface area contributed by atoms with E-state index >= 15 is 0 Å². The molecule has 0 N–H and O–H groups in total. The number of carbonyl (C=O) groups is 1. The number of ether oxygens (including phenoxy) is 2. The molecule has 2 aromatic carbocycles. The highest BCUT2D eigenvalue weighted by atomic mass is 19.1. The summed E-state index contributed by atoms with van der Waals surface area (Å²) in [5.41, 5.74) is 1.16. The standard InChI is InChI=1S/C23H22FN3O5/c24-18-4-1-16(2-5-18)22-25-27(23(29)32-22)14-26-9-7-15(8-10-26)21(28)17-3-6-19-20(13-17)31-12-11-30-19/h1-6,13,15H,7-12,14H2. The predicted octanol–water partition coefficient (Wildman–Crippen LogP) is 2.97. The fourth-order valence-corrected chi connectivity index (χ4v) is 4.06. The Morgan fingerprint density at radius 3 is 2.50 bits per heavy atom. The van der Waals surface area contributed by atoms with Gasteiger partial charge in [-0.3, -0.25) is 9.69 Å². The summed E-state index contributed by atoms with van der Waals surface area (Å²) in [5, 5.41) is 4.23. The van der Waals surface area contributed by atoms with Gasteiger partial charge < -0.3 is 13.9 Å². The number of fused-ring (bicyclic) bond motifs is 1. The van der Waals surface area contributed by atoms with Gasteiger partial charge >= 0.3 is 5.76 Å². The van der Waals surface area contributed by atoms with Crippen molar-refractivity contribution in [2.24, 2.45) is 5.92 Å². The van der Waals surface area contributed by atoms with Gasteiger partial charge in [-0.1, -0.05) is 0 Å². The minimum absolute atomic E-state index is 0.0855. The lowest BCUT2D eigenvalue weighted by Gasteiger charge is -2.30. The number of benzene rings is 2. The maximum atomic E-state index is 13.1. The first kappa shape index (κ1) is 20.4. The topological polar surface area (TPSA) is 86.8 Å². The summed E-state index contributed by atoms with van der Waals surface area (Å²) in [6.45, 7) is 2.58. The third-order valence-corrected chi connectivity index (χ3v) is 5.82. The van der Waals surface area contributed by atoms with Crippen LogP contribution in [0.2, 0.25) is 0 Å². The number of hydrogen-bond donors (Lipinski definition) is 0. The van der Waals surface area contributed by atoms with E-state index in [1.165, 1.54) is 28.9 Å². The average molecular weight is 439 g/mol. The lowest BCUT2D eigenvalue weighted by atomic mass is 9.89. The Bertz CT molecular complexity index is 1180. The molecule has 0 aliphatic carbocycles. The summed E-state index contributed by atoms with van der Waals surface area (Å²) in [4.78, 5) is 27.2. The molecule has 166 valence electrons. The molecule has 0 radical (unpaired) electrons. The van der Waals surface area contributed by atoms with E-state index < -0.39 is 5.76 Å². The van der Waals surface area contributed by atoms with Gasteiger partial charge in [0.2, 0.25) is 5.89 Å². The number of rotatable bonds is 5. The lowest BCUT2D eigenvalue weighted by Crippen LogP contribution is -2.39. The zero-order valence-corrected chi connectivity index (χ0v) is 17.3. The highest BCUT2D eigenvalue weighted by Crippen LogP contribution is 2.32. The summed E-state index contributed by atoms with van der Waals surface area (Å²) in [5.74, 6) is 0.501. The van der Waals surface area contributed by atoms with Crippen LogP contribution >= 0.6 is 0 Å². The van der Waals surface area contributed by atoms with Gasteiger partial charge in [-0.15, -0.1) is 5.10 Å². The second-order valence-corrected chi connectivity index (χ2v) is 7.94. The van der Waals surface area contributed by atoms with Crippen molar-refractivity contribution in [1.82, 2.24) is 14.7 Å². The number of piperidine rings is 1. The summed E-state index contributed by atoms with van der Waals surface area (Å²) >= 11 is 0. The molecule has 3 aromatic rings. The molecular formula is C23H22FN3O5. The Morgan fingerprint density at radius 1 is 1.03 bits per heavy atom. The third-order valence-electron chi connectivity index (χ3n) is 5.82. The molecule has 2 aliphatic heterocycles. The summed E-state index contributed by atoms with van der Waals surface area (Å²) < 4.78 is 30.7. The number of carbonyl (C=O) groups excluding carboxylic acids is 1. The molecule has 1 fully saturated rings. The number of aromatic nitrogens is 2. The Hall–Kier alpha value is -3.46. The van der Waals surface area contributed by atoms with Crippen molar-refractivity contribution < 1.29 is 23.1 Å². The number of hydrogen-bond acceptors (Lipinski definition) is 7. The maximum Gasteiger partial charge on any atom is 0.438 e. The van der Waals surface area contributed by atoms with E-state index in [9.17, 15) is 14.0 Å². The number of likely N-dealkylation sites (tertiary alicyclic amines) is 1. The zero-order chi connectivity index (χ0) is 22.1. The molecule has 9 heteroatoms. The number of nitrogens with zero attached hydrogens (tertiary/aromatic N) is 3. The molecule has 0 atom stereocenters. The SMILES string of the molecule is O=C(c1ccc2c(c1)OCCO2)C1CCN(Cn2nc(-c3ccc(F)cc3)oc2=O)CC1. The quantitative estimate of drug-likeness (QED) is 0.565. The normalized spacial score (nSPS) is 16.8. The molecule has 0 saturated carbocycles. The van der Waals surface area contributed by atoms with Gasteiger partial charge in [-0.05, 0) is 55.3 Å². The molecule has 0 bridgehead atoms. The first-order valence-electron chi connectivity index (χ1n) is 10.6. The third kappa shape index (κ3) is 4.16. The molecule has 1 saturated heterocycles. The minimum Gasteiger partial charge on any atom is -0.486 e. The van der Waals surface area contributed by atoms with Gasteiger partial charge in [-0.25, -0.2) is 9.18 Å². The molecular weight excluding hydrogens is 417 g/mol. The molecule has 0 spiro atoms. The number of halogens is 1. The summed E-state index contributed by atoms with van der Waals surface area (Å²) in [6, 6.07) is 10.9. The van der Waals surface area contributed by atoms with Crippen LogP contribution in [0.4, 0.5) is 4.39 Å². The van der Waals surface area contributed by atoms with Crippen LogP contribution < -0.4 is 15.2 Å². The Labute approximate surface area is 183 Å². The molecule has 3 heterocycles. The van der Waals surface area contributed by atoms with Crippen molar-refractivity contribution in [2.45, 2.75) is 19.5 Å². The fraction of sp³-hybridized carbons (Fsp3) is 0.348. The van der Waals surface area contributed by atoms with Crippen LogP contribution in [-0.4, -0.2) is 46.8 Å². The van der Waals surface area contributed by atoms with Crippen LogP contribution in [0, 0.1) is 11.7 Å². The minimum atomic E-state index is -0.571. The van der Waals surface area contributed by atoms with Crippen molar-refractivity contribution in [3.63, 3.8) is 0 Å². The second-order valence-electron chi connectivity index (χ2n) is 7.94. The Morgan fingerprint density at radius 2 is 1.75 bits per heavy atom. The van der Waals surface area contributed by atoms with Crippen molar-refractivity contribution in [3.05, 3.63) is 64.4 Å². The van der Waals surface area contributed by atoms with E-state index in [0.717, 1.165) is 0 Å². The van der Waals surface area contributed by atoms with Crippen LogP contribution in [0.1, 0.15) is 23.2 Å². The van der Waals surface area contributed by atoms with Crippen LogP contribution in [0.3, 0.4) is 0 Å². The van der Waals surface area contributed by atoms with Gasteiger partial charge in [0, 0.05) is 30.1 Å².